The van der Waals surface area contributed by atoms with Crippen molar-refractivity contribution in [2.45, 2.75) is 12.8 Å². The van der Waals surface area contributed by atoms with Gasteiger partial charge in [0.25, 0.3) is 5.91 Å². The Morgan fingerprint density at radius 3 is 2.33 bits per heavy atom. The number of anilines is 2. The summed E-state index contributed by atoms with van der Waals surface area (Å²) >= 11 is 3.38. The number of carbonyl (C=O) groups excluding carboxylic acids is 3. The Morgan fingerprint density at radius 2 is 1.67 bits per heavy atom. The van der Waals surface area contributed by atoms with Crippen molar-refractivity contribution in [2.24, 2.45) is 5.73 Å². The number of fused-ring (bicyclic) bond motifs is 1. The van der Waals surface area contributed by atoms with E-state index >= 15 is 0 Å². The van der Waals surface area contributed by atoms with E-state index in [-0.39, 0.29) is 42.5 Å². The van der Waals surface area contributed by atoms with E-state index in [0.29, 0.717) is 20.9 Å². The van der Waals surface area contributed by atoms with Gasteiger partial charge in [-0.1, -0.05) is 34.1 Å². The van der Waals surface area contributed by atoms with Crippen LogP contribution in [0.1, 0.15) is 21.5 Å². The molecular weight excluding hydrogens is 605 g/mol. The second-order valence-electron chi connectivity index (χ2n) is 8.06. The van der Waals surface area contributed by atoms with E-state index in [1.54, 1.807) is 42.5 Å². The Labute approximate surface area is 234 Å². The van der Waals surface area contributed by atoms with Gasteiger partial charge in [-0.25, -0.2) is 4.79 Å². The summed E-state index contributed by atoms with van der Waals surface area (Å²) in [6, 6.07) is 15.0. The third kappa shape index (κ3) is 6.96. The Hall–Kier alpha value is -3.87. The molecule has 0 radical (unpaired) electrons. The lowest BCUT2D eigenvalue weighted by Crippen LogP contribution is -2.20. The molecule has 4 N–H and O–H groups in total. The van der Waals surface area contributed by atoms with Crippen LogP contribution in [0, 0.1) is 0 Å². The minimum Gasteiger partial charge on any atom is -0.460 e. The average Bonchev–Trinajstić information content (AvgIpc) is 3.23. The number of nitrogens with two attached hydrogens (primary N) is 1. The highest BCUT2D eigenvalue weighted by atomic mass is 79.9. The summed E-state index contributed by atoms with van der Waals surface area (Å²) in [6.45, 7) is -0.444. The molecule has 2 amide bonds. The quantitative estimate of drug-likeness (QED) is 0.222. The average molecular weight is 626 g/mol. The van der Waals surface area contributed by atoms with Gasteiger partial charge < -0.3 is 21.1 Å². The predicted octanol–water partition coefficient (Wildman–Crippen LogP) is 6.18. The van der Waals surface area contributed by atoms with Crippen LogP contribution in [0.4, 0.5) is 29.3 Å². The van der Waals surface area contributed by atoms with E-state index in [2.05, 4.69) is 26.6 Å². The zero-order chi connectivity index (χ0) is 27.4. The zero-order valence-corrected chi connectivity index (χ0v) is 22.3. The van der Waals surface area contributed by atoms with Gasteiger partial charge in [0.2, 0.25) is 0 Å². The number of aromatic nitrogens is 1. The molecule has 0 bridgehead atoms. The first-order valence-corrected chi connectivity index (χ1v) is 11.9. The van der Waals surface area contributed by atoms with Crippen molar-refractivity contribution in [3.8, 4) is 0 Å². The van der Waals surface area contributed by atoms with Crippen LogP contribution in [0.15, 0.2) is 77.4 Å². The molecule has 39 heavy (non-hydrogen) atoms. The molecule has 0 fully saturated rings. The van der Waals surface area contributed by atoms with E-state index in [4.69, 9.17) is 10.5 Å². The van der Waals surface area contributed by atoms with Crippen LogP contribution in [0.25, 0.3) is 10.9 Å². The van der Waals surface area contributed by atoms with Crippen LogP contribution >= 0.6 is 28.3 Å². The fourth-order valence-electron chi connectivity index (χ4n) is 3.70. The molecule has 1 heterocycles. The van der Waals surface area contributed by atoms with Crippen molar-refractivity contribution < 1.29 is 32.3 Å². The van der Waals surface area contributed by atoms with E-state index in [1.165, 1.54) is 10.8 Å². The van der Waals surface area contributed by atoms with Gasteiger partial charge in [-0.3, -0.25) is 14.2 Å². The number of ether oxygens (including phenoxy) is 1. The highest BCUT2D eigenvalue weighted by Crippen LogP contribution is 2.31. The number of carbonyl (C=O) groups is 3. The Bertz CT molecular complexity index is 1520. The smallest absolute Gasteiger partial charge is 0.416 e. The molecule has 0 aliphatic carbocycles. The summed E-state index contributed by atoms with van der Waals surface area (Å²) in [5, 5.41) is 5.65. The Kier molecular flexibility index (Phi) is 9.38. The number of halogens is 5. The monoisotopic (exact) mass is 624 g/mol. The fourth-order valence-corrected chi connectivity index (χ4v) is 4.06. The van der Waals surface area contributed by atoms with Crippen molar-refractivity contribution in [3.63, 3.8) is 0 Å². The molecule has 0 aliphatic heterocycles. The van der Waals surface area contributed by atoms with Gasteiger partial charge in [0.15, 0.2) is 0 Å². The van der Waals surface area contributed by atoms with Crippen LogP contribution < -0.4 is 16.4 Å². The van der Waals surface area contributed by atoms with Crippen molar-refractivity contribution in [3.05, 3.63) is 94.1 Å². The molecule has 204 valence electrons. The van der Waals surface area contributed by atoms with Crippen LogP contribution in [-0.4, -0.2) is 29.0 Å². The molecule has 13 heteroatoms. The van der Waals surface area contributed by atoms with Gasteiger partial charge in [0.05, 0.1) is 23.3 Å². The predicted molar refractivity (Wildman–Crippen MR) is 146 cm³/mol. The number of alkyl halides is 3. The van der Waals surface area contributed by atoms with Gasteiger partial charge >= 0.3 is 18.2 Å². The molecule has 3 aromatic carbocycles. The van der Waals surface area contributed by atoms with Crippen molar-refractivity contribution >= 4 is 68.5 Å². The number of benzene rings is 3. The summed E-state index contributed by atoms with van der Waals surface area (Å²) < 4.78 is 45.5. The number of nitrogens with zero attached hydrogens (tertiary/aromatic N) is 1. The number of urea groups is 1. The summed E-state index contributed by atoms with van der Waals surface area (Å²) in [4.78, 5) is 37.7. The molecule has 4 aromatic rings. The van der Waals surface area contributed by atoms with Gasteiger partial charge in [-0.2, -0.15) is 13.2 Å². The lowest BCUT2D eigenvalue weighted by atomic mass is 10.1. The van der Waals surface area contributed by atoms with Gasteiger partial charge in [-0.05, 0) is 48.5 Å². The summed E-state index contributed by atoms with van der Waals surface area (Å²) in [6.07, 6.45) is -3.05. The molecular formula is C26H21BrClF3N4O4. The third-order valence-electron chi connectivity index (χ3n) is 5.51. The summed E-state index contributed by atoms with van der Waals surface area (Å²) in [5.74, 6) is -1.05. The van der Waals surface area contributed by atoms with Gasteiger partial charge in [0, 0.05) is 32.9 Å². The number of nitrogens with one attached hydrogen (secondary N) is 2. The second kappa shape index (κ2) is 12.3. The van der Waals surface area contributed by atoms with Crippen molar-refractivity contribution in [1.29, 1.82) is 0 Å². The number of hydrogen-bond donors (Lipinski definition) is 3. The molecule has 0 atom stereocenters. The maximum absolute atomic E-state index is 13.5. The summed E-state index contributed by atoms with van der Waals surface area (Å²) in [7, 11) is 0. The van der Waals surface area contributed by atoms with Crippen LogP contribution in [0.3, 0.4) is 0 Å². The summed E-state index contributed by atoms with van der Waals surface area (Å²) in [5.41, 5.74) is 6.10. The zero-order valence-electron chi connectivity index (χ0n) is 19.9. The number of hydrogen-bond acceptors (Lipinski definition) is 5. The fraction of sp³-hybridized carbons (Fsp3) is 0.115. The molecule has 4 rings (SSSR count). The SMILES string of the molecule is Cl.NCC(=O)OCc1ccccc1C(=O)n1cc(NC(=O)Nc2ccc(C(F)(F)F)cc2)c2cc(Br)ccc21. The molecule has 0 saturated carbocycles. The maximum Gasteiger partial charge on any atom is 0.416 e. The number of amides is 2. The standard InChI is InChI=1S/C26H20BrF3N4O4.ClH/c27-17-7-10-22-20(11-17)21(33-25(37)32-18-8-5-16(6-9-18)26(28,29)30)13-34(22)24(36)19-4-2-1-3-15(19)14-38-23(35)12-31;/h1-11,13H,12,14,31H2,(H2,32,33,37);1H. The molecule has 1 aromatic heterocycles. The van der Waals surface area contributed by atoms with E-state index < -0.39 is 29.6 Å². The van der Waals surface area contributed by atoms with Crippen molar-refractivity contribution in [2.75, 3.05) is 17.2 Å². The van der Waals surface area contributed by atoms with Crippen LogP contribution in [-0.2, 0) is 22.3 Å². The number of esters is 1. The van der Waals surface area contributed by atoms with Crippen LogP contribution in [0.5, 0.6) is 0 Å². The lowest BCUT2D eigenvalue weighted by Gasteiger charge is -2.10. The normalized spacial score (nSPS) is 11.0. The molecule has 0 unspecified atom stereocenters. The third-order valence-corrected chi connectivity index (χ3v) is 6.00. The highest BCUT2D eigenvalue weighted by molar-refractivity contribution is 9.10. The first-order chi connectivity index (χ1) is 18.1. The van der Waals surface area contributed by atoms with Gasteiger partial charge in [-0.15, -0.1) is 12.4 Å². The Morgan fingerprint density at radius 1 is 0.974 bits per heavy atom. The van der Waals surface area contributed by atoms with Gasteiger partial charge in [0.1, 0.15) is 6.61 Å². The maximum atomic E-state index is 13.5. The highest BCUT2D eigenvalue weighted by Gasteiger charge is 2.30. The molecule has 0 saturated heterocycles. The first-order valence-electron chi connectivity index (χ1n) is 11.1. The number of rotatable bonds is 6. The van der Waals surface area contributed by atoms with E-state index in [0.717, 1.165) is 24.3 Å². The van der Waals surface area contributed by atoms with E-state index in [9.17, 15) is 27.6 Å². The van der Waals surface area contributed by atoms with Crippen molar-refractivity contribution in [1.82, 2.24) is 4.57 Å². The largest absolute Gasteiger partial charge is 0.460 e. The minimum atomic E-state index is -4.49. The molecule has 0 spiro atoms. The molecule has 8 nitrogen and oxygen atoms in total. The first kappa shape index (κ1) is 29.7. The van der Waals surface area contributed by atoms with Crippen LogP contribution in [0.2, 0.25) is 0 Å². The second-order valence-corrected chi connectivity index (χ2v) is 8.97. The minimum absolute atomic E-state index is 0. The topological polar surface area (TPSA) is 115 Å². The lowest BCUT2D eigenvalue weighted by molar-refractivity contribution is -0.143. The molecule has 0 aliphatic rings. The van der Waals surface area contributed by atoms with E-state index in [1.807, 2.05) is 0 Å². The Balaban J connectivity index is 0.00000420.